The van der Waals surface area contributed by atoms with Crippen molar-refractivity contribution >= 4 is 22.9 Å². The first-order valence-corrected chi connectivity index (χ1v) is 8.64. The third-order valence-corrected chi connectivity index (χ3v) is 5.73. The molecule has 0 radical (unpaired) electrons. The zero-order valence-electron chi connectivity index (χ0n) is 11.9. The predicted octanol–water partition coefficient (Wildman–Crippen LogP) is 5.05. The maximum atomic E-state index is 13.2. The Morgan fingerprint density at radius 3 is 2.81 bits per heavy atom. The molecule has 0 saturated heterocycles. The number of aryl methyl sites for hydroxylation is 2. The lowest BCUT2D eigenvalue weighted by Crippen LogP contribution is -2.11. The summed E-state index contributed by atoms with van der Waals surface area (Å²) in [6.45, 7) is 0. The molecule has 0 saturated carbocycles. The lowest BCUT2D eigenvalue weighted by atomic mass is 10.0. The van der Waals surface area contributed by atoms with Gasteiger partial charge in [-0.05, 0) is 61.4 Å². The number of rotatable bonds is 3. The molecule has 1 heterocycles. The summed E-state index contributed by atoms with van der Waals surface area (Å²) in [5, 5.41) is 0.168. The van der Waals surface area contributed by atoms with Crippen LogP contribution >= 0.6 is 22.9 Å². The molecule has 21 heavy (non-hydrogen) atoms. The van der Waals surface area contributed by atoms with Crippen molar-refractivity contribution in [3.05, 3.63) is 56.0 Å². The van der Waals surface area contributed by atoms with Gasteiger partial charge < -0.3 is 5.73 Å². The van der Waals surface area contributed by atoms with E-state index in [0.29, 0.717) is 6.42 Å². The van der Waals surface area contributed by atoms with Gasteiger partial charge in [0.15, 0.2) is 0 Å². The van der Waals surface area contributed by atoms with Gasteiger partial charge in [-0.15, -0.1) is 11.3 Å². The molecule has 4 heteroatoms. The quantitative estimate of drug-likeness (QED) is 0.786. The van der Waals surface area contributed by atoms with Gasteiger partial charge in [-0.25, -0.2) is 4.39 Å². The van der Waals surface area contributed by atoms with E-state index in [1.165, 1.54) is 53.5 Å². The molecule has 1 atom stereocenters. The van der Waals surface area contributed by atoms with Crippen molar-refractivity contribution in [2.24, 2.45) is 5.73 Å². The van der Waals surface area contributed by atoms with Gasteiger partial charge in [-0.2, -0.15) is 0 Å². The molecular formula is C17H19ClFNS. The van der Waals surface area contributed by atoms with Crippen molar-refractivity contribution in [3.8, 4) is 0 Å². The topological polar surface area (TPSA) is 26.0 Å². The molecule has 1 aliphatic rings. The number of nitrogens with two attached hydrogens (primary N) is 1. The second-order valence-corrected chi connectivity index (χ2v) is 7.29. The van der Waals surface area contributed by atoms with Crippen molar-refractivity contribution in [1.82, 2.24) is 0 Å². The van der Waals surface area contributed by atoms with E-state index in [1.54, 1.807) is 12.1 Å². The van der Waals surface area contributed by atoms with Crippen molar-refractivity contribution in [2.45, 2.75) is 44.6 Å². The zero-order valence-corrected chi connectivity index (χ0v) is 13.4. The van der Waals surface area contributed by atoms with Crippen LogP contribution in [0.4, 0.5) is 4.39 Å². The van der Waals surface area contributed by atoms with Gasteiger partial charge in [0.05, 0.1) is 5.02 Å². The van der Waals surface area contributed by atoms with E-state index >= 15 is 0 Å². The molecule has 0 aliphatic heterocycles. The Kier molecular flexibility index (Phi) is 4.63. The molecule has 1 aromatic carbocycles. The number of benzene rings is 1. The third kappa shape index (κ3) is 3.47. The van der Waals surface area contributed by atoms with Gasteiger partial charge in [-0.3, -0.25) is 0 Å². The van der Waals surface area contributed by atoms with Gasteiger partial charge in [0, 0.05) is 15.8 Å². The minimum Gasteiger partial charge on any atom is -0.323 e. The Bertz CT molecular complexity index is 614. The van der Waals surface area contributed by atoms with Crippen LogP contribution in [0, 0.1) is 5.82 Å². The largest absolute Gasteiger partial charge is 0.323 e. The van der Waals surface area contributed by atoms with E-state index < -0.39 is 0 Å². The van der Waals surface area contributed by atoms with Gasteiger partial charge in [-0.1, -0.05) is 24.1 Å². The second-order valence-electron chi connectivity index (χ2n) is 5.72. The first-order valence-electron chi connectivity index (χ1n) is 7.44. The minimum atomic E-state index is -0.378. The van der Waals surface area contributed by atoms with Crippen LogP contribution in [0.5, 0.6) is 0 Å². The molecule has 1 unspecified atom stereocenters. The number of hydrogen-bond acceptors (Lipinski definition) is 2. The highest BCUT2D eigenvalue weighted by Crippen LogP contribution is 2.33. The standard InChI is InChI=1S/C17H19ClFNS/c18-13-8-11(6-7-14(13)19)9-15(20)17-10-12-4-2-1-3-5-16(12)21-17/h6-8,10,15H,1-5,9,20H2. The van der Waals surface area contributed by atoms with E-state index in [4.69, 9.17) is 17.3 Å². The first-order chi connectivity index (χ1) is 10.1. The van der Waals surface area contributed by atoms with Crippen molar-refractivity contribution in [1.29, 1.82) is 0 Å². The SMILES string of the molecule is NC(Cc1ccc(F)c(Cl)c1)c1cc2c(s1)CCCCC2. The molecule has 3 rings (SSSR count). The molecule has 0 bridgehead atoms. The average Bonchev–Trinajstić information content (AvgIpc) is 2.74. The van der Waals surface area contributed by atoms with Crippen LogP contribution in [0.2, 0.25) is 5.02 Å². The Hall–Kier alpha value is -0.900. The smallest absolute Gasteiger partial charge is 0.141 e. The highest BCUT2D eigenvalue weighted by molar-refractivity contribution is 7.12. The molecule has 0 spiro atoms. The van der Waals surface area contributed by atoms with Crippen LogP contribution in [0.1, 0.15) is 46.2 Å². The Labute approximate surface area is 133 Å². The summed E-state index contributed by atoms with van der Waals surface area (Å²) < 4.78 is 13.2. The number of halogens is 2. The van der Waals surface area contributed by atoms with E-state index in [2.05, 4.69) is 6.07 Å². The van der Waals surface area contributed by atoms with Crippen LogP contribution in [-0.4, -0.2) is 0 Å². The summed E-state index contributed by atoms with van der Waals surface area (Å²) >= 11 is 7.68. The van der Waals surface area contributed by atoms with Crippen LogP contribution in [0.25, 0.3) is 0 Å². The zero-order chi connectivity index (χ0) is 14.8. The average molecular weight is 324 g/mol. The van der Waals surface area contributed by atoms with Crippen molar-refractivity contribution in [2.75, 3.05) is 0 Å². The van der Waals surface area contributed by atoms with Gasteiger partial charge in [0.25, 0.3) is 0 Å². The normalized spacial score (nSPS) is 16.3. The van der Waals surface area contributed by atoms with E-state index in [0.717, 1.165) is 5.56 Å². The fourth-order valence-corrected chi connectivity index (χ4v) is 4.36. The third-order valence-electron chi connectivity index (χ3n) is 4.07. The second kappa shape index (κ2) is 6.47. The number of fused-ring (bicyclic) bond motifs is 1. The molecule has 0 fully saturated rings. The molecule has 2 N–H and O–H groups in total. The number of thiophene rings is 1. The summed E-state index contributed by atoms with van der Waals surface area (Å²) in [5.41, 5.74) is 8.81. The molecule has 1 nitrogen and oxygen atoms in total. The molecule has 2 aromatic rings. The number of hydrogen-bond donors (Lipinski definition) is 1. The fourth-order valence-electron chi connectivity index (χ4n) is 2.89. The predicted molar refractivity (Wildman–Crippen MR) is 87.6 cm³/mol. The Morgan fingerprint density at radius 1 is 1.19 bits per heavy atom. The van der Waals surface area contributed by atoms with E-state index in [1.807, 2.05) is 11.3 Å². The maximum absolute atomic E-state index is 13.2. The Morgan fingerprint density at radius 2 is 2.00 bits per heavy atom. The van der Waals surface area contributed by atoms with Crippen LogP contribution in [0.15, 0.2) is 24.3 Å². The first kappa shape index (κ1) is 15.0. The van der Waals surface area contributed by atoms with Crippen LogP contribution in [0.3, 0.4) is 0 Å². The highest BCUT2D eigenvalue weighted by Gasteiger charge is 2.16. The van der Waals surface area contributed by atoms with Crippen LogP contribution in [-0.2, 0) is 19.3 Å². The van der Waals surface area contributed by atoms with Crippen LogP contribution < -0.4 is 5.73 Å². The summed E-state index contributed by atoms with van der Waals surface area (Å²) in [6, 6.07) is 7.09. The summed E-state index contributed by atoms with van der Waals surface area (Å²) in [4.78, 5) is 2.75. The molecule has 112 valence electrons. The van der Waals surface area contributed by atoms with Crippen molar-refractivity contribution < 1.29 is 4.39 Å². The lowest BCUT2D eigenvalue weighted by Gasteiger charge is -2.10. The molecule has 1 aliphatic carbocycles. The lowest BCUT2D eigenvalue weighted by molar-refractivity contribution is 0.626. The monoisotopic (exact) mass is 323 g/mol. The summed E-state index contributed by atoms with van der Waals surface area (Å²) in [6.07, 6.45) is 6.97. The van der Waals surface area contributed by atoms with E-state index in [9.17, 15) is 4.39 Å². The molecule has 0 amide bonds. The van der Waals surface area contributed by atoms with Crippen molar-refractivity contribution in [3.63, 3.8) is 0 Å². The van der Waals surface area contributed by atoms with Gasteiger partial charge >= 0.3 is 0 Å². The summed E-state index contributed by atoms with van der Waals surface area (Å²) in [5.74, 6) is -0.378. The maximum Gasteiger partial charge on any atom is 0.141 e. The molecule has 1 aromatic heterocycles. The minimum absolute atomic E-state index is 0.0385. The van der Waals surface area contributed by atoms with E-state index in [-0.39, 0.29) is 16.9 Å². The van der Waals surface area contributed by atoms with Gasteiger partial charge in [0.1, 0.15) is 5.82 Å². The summed E-state index contributed by atoms with van der Waals surface area (Å²) in [7, 11) is 0. The van der Waals surface area contributed by atoms with Gasteiger partial charge in [0.2, 0.25) is 0 Å². The molecular weight excluding hydrogens is 305 g/mol. The Balaban J connectivity index is 1.75. The highest BCUT2D eigenvalue weighted by atomic mass is 35.5. The fraction of sp³-hybridized carbons (Fsp3) is 0.412.